The lowest BCUT2D eigenvalue weighted by Crippen LogP contribution is -2.10. The molecule has 1 aromatic rings. The van der Waals surface area contributed by atoms with Crippen molar-refractivity contribution < 1.29 is 6.16 Å². The SMILES string of the molecule is C/C=C/c1cccc(OCCN)c1.CC.CCC.[HH]. The van der Waals surface area contributed by atoms with Crippen molar-refractivity contribution in [2.45, 2.75) is 41.0 Å². The van der Waals surface area contributed by atoms with E-state index in [0.717, 1.165) is 11.3 Å². The molecule has 1 aromatic carbocycles. The summed E-state index contributed by atoms with van der Waals surface area (Å²) in [7, 11) is 0. The van der Waals surface area contributed by atoms with Gasteiger partial charge in [-0.2, -0.15) is 0 Å². The molecule has 0 heterocycles. The first-order valence-electron chi connectivity index (χ1n) is 6.84. The predicted molar refractivity (Wildman–Crippen MR) is 85.1 cm³/mol. The van der Waals surface area contributed by atoms with Crippen LogP contribution in [0.1, 0.15) is 48.0 Å². The zero-order chi connectivity index (χ0) is 14.2. The Hall–Kier alpha value is -1.28. The monoisotopic (exact) mass is 253 g/mol. The van der Waals surface area contributed by atoms with Crippen LogP contribution in [-0.2, 0) is 0 Å². The van der Waals surface area contributed by atoms with E-state index < -0.39 is 0 Å². The maximum atomic E-state index is 5.38. The number of benzene rings is 1. The molecule has 2 heteroatoms. The van der Waals surface area contributed by atoms with Gasteiger partial charge in [0.2, 0.25) is 0 Å². The van der Waals surface area contributed by atoms with Gasteiger partial charge in [-0.05, 0) is 24.6 Å². The first kappa shape index (κ1) is 19.1. The predicted octanol–water partition coefficient (Wildman–Crippen LogP) is 4.75. The first-order chi connectivity index (χ1) is 8.78. The van der Waals surface area contributed by atoms with E-state index in [-0.39, 0.29) is 1.43 Å². The average Bonchev–Trinajstić information content (AvgIpc) is 2.40. The first-order valence-corrected chi connectivity index (χ1v) is 6.84. The van der Waals surface area contributed by atoms with Crippen LogP contribution >= 0.6 is 0 Å². The quantitative estimate of drug-likeness (QED) is 0.840. The number of rotatable bonds is 4. The standard InChI is InChI=1S/C11H15NO.C3H8.C2H6.H2/c1-2-4-10-5-3-6-11(9-10)13-8-7-12;1-3-2;1-2;/h2-6,9H,7-8,12H2,1H3;3H2,1-2H3;1-2H3;1H/b4-2+;;;. The van der Waals surface area contributed by atoms with Crippen LogP contribution in [0.2, 0.25) is 0 Å². The van der Waals surface area contributed by atoms with E-state index in [9.17, 15) is 0 Å². The molecule has 0 aliphatic rings. The van der Waals surface area contributed by atoms with E-state index in [4.69, 9.17) is 10.5 Å². The number of allylic oxidation sites excluding steroid dienone is 1. The largest absolute Gasteiger partial charge is 0.492 e. The van der Waals surface area contributed by atoms with E-state index in [2.05, 4.69) is 13.8 Å². The lowest BCUT2D eigenvalue weighted by atomic mass is 10.2. The Bertz CT molecular complexity index is 301. The second-order valence-electron chi connectivity index (χ2n) is 3.42. The lowest BCUT2D eigenvalue weighted by Gasteiger charge is -2.04. The summed E-state index contributed by atoms with van der Waals surface area (Å²) in [6.07, 6.45) is 5.29. The highest BCUT2D eigenvalue weighted by Gasteiger charge is 1.92. The van der Waals surface area contributed by atoms with Gasteiger partial charge in [0.15, 0.2) is 0 Å². The molecule has 0 atom stereocenters. The molecule has 0 aromatic heterocycles. The van der Waals surface area contributed by atoms with Gasteiger partial charge < -0.3 is 10.5 Å². The zero-order valence-corrected chi connectivity index (χ0v) is 12.6. The molecular formula is C16H31NO. The maximum absolute atomic E-state index is 5.38. The topological polar surface area (TPSA) is 35.2 Å². The Morgan fingerprint density at radius 2 is 1.89 bits per heavy atom. The van der Waals surface area contributed by atoms with Crippen molar-refractivity contribution in [1.82, 2.24) is 0 Å². The Labute approximate surface area is 114 Å². The molecule has 0 saturated carbocycles. The van der Waals surface area contributed by atoms with Crippen LogP contribution in [0.4, 0.5) is 0 Å². The van der Waals surface area contributed by atoms with Crippen molar-refractivity contribution in [3.8, 4) is 5.75 Å². The van der Waals surface area contributed by atoms with E-state index in [0.29, 0.717) is 13.2 Å². The highest BCUT2D eigenvalue weighted by atomic mass is 16.5. The van der Waals surface area contributed by atoms with Crippen molar-refractivity contribution in [1.29, 1.82) is 0 Å². The highest BCUT2D eigenvalue weighted by molar-refractivity contribution is 5.51. The molecule has 0 unspecified atom stereocenters. The fourth-order valence-electron chi connectivity index (χ4n) is 1.08. The van der Waals surface area contributed by atoms with Crippen molar-refractivity contribution in [2.24, 2.45) is 5.73 Å². The third kappa shape index (κ3) is 11.2. The molecule has 106 valence electrons. The Morgan fingerprint density at radius 3 is 2.39 bits per heavy atom. The van der Waals surface area contributed by atoms with Crippen LogP contribution in [0.25, 0.3) is 6.08 Å². The van der Waals surface area contributed by atoms with Gasteiger partial charge in [0, 0.05) is 7.97 Å². The summed E-state index contributed by atoms with van der Waals surface area (Å²) in [6.45, 7) is 11.4. The summed E-state index contributed by atoms with van der Waals surface area (Å²) >= 11 is 0. The molecule has 0 spiro atoms. The molecule has 1 rings (SSSR count). The summed E-state index contributed by atoms with van der Waals surface area (Å²) in [5.74, 6) is 0.876. The molecule has 0 saturated heterocycles. The van der Waals surface area contributed by atoms with Crippen LogP contribution in [0.15, 0.2) is 30.3 Å². The zero-order valence-electron chi connectivity index (χ0n) is 12.6. The molecule has 0 aliphatic carbocycles. The van der Waals surface area contributed by atoms with Crippen LogP contribution in [0, 0.1) is 0 Å². The number of nitrogens with two attached hydrogens (primary N) is 1. The number of hydrogen-bond donors (Lipinski definition) is 1. The lowest BCUT2D eigenvalue weighted by molar-refractivity contribution is 0.328. The van der Waals surface area contributed by atoms with Gasteiger partial charge in [-0.3, -0.25) is 0 Å². The molecule has 2 nitrogen and oxygen atoms in total. The van der Waals surface area contributed by atoms with E-state index >= 15 is 0 Å². The van der Waals surface area contributed by atoms with E-state index in [1.165, 1.54) is 6.42 Å². The van der Waals surface area contributed by atoms with E-state index in [1.807, 2.05) is 57.2 Å². The minimum Gasteiger partial charge on any atom is -0.492 e. The summed E-state index contributed by atoms with van der Waals surface area (Å²) in [4.78, 5) is 0. The normalized spacial score (nSPS) is 9.00. The highest BCUT2D eigenvalue weighted by Crippen LogP contribution is 2.13. The summed E-state index contributed by atoms with van der Waals surface area (Å²) in [5, 5.41) is 0. The molecule has 0 fully saturated rings. The van der Waals surface area contributed by atoms with Gasteiger partial charge in [0.25, 0.3) is 0 Å². The van der Waals surface area contributed by atoms with Crippen LogP contribution in [0.5, 0.6) is 5.75 Å². The summed E-state index contributed by atoms with van der Waals surface area (Å²) in [5.41, 5.74) is 6.48. The molecule has 2 N–H and O–H groups in total. The van der Waals surface area contributed by atoms with Gasteiger partial charge in [0.05, 0.1) is 0 Å². The third-order valence-corrected chi connectivity index (χ3v) is 1.60. The molecule has 0 radical (unpaired) electrons. The minimum absolute atomic E-state index is 0. The van der Waals surface area contributed by atoms with Crippen molar-refractivity contribution in [3.63, 3.8) is 0 Å². The van der Waals surface area contributed by atoms with Gasteiger partial charge in [0.1, 0.15) is 12.4 Å². The van der Waals surface area contributed by atoms with Crippen LogP contribution < -0.4 is 10.5 Å². The Morgan fingerprint density at radius 1 is 1.28 bits per heavy atom. The van der Waals surface area contributed by atoms with Crippen molar-refractivity contribution in [3.05, 3.63) is 35.9 Å². The van der Waals surface area contributed by atoms with Crippen molar-refractivity contribution in [2.75, 3.05) is 13.2 Å². The minimum atomic E-state index is 0. The van der Waals surface area contributed by atoms with Gasteiger partial charge in [-0.25, -0.2) is 0 Å². The summed E-state index contributed by atoms with van der Waals surface area (Å²) < 4.78 is 5.38. The second-order valence-corrected chi connectivity index (χ2v) is 3.42. The fraction of sp³-hybridized carbons (Fsp3) is 0.500. The molecule has 18 heavy (non-hydrogen) atoms. The van der Waals surface area contributed by atoms with Crippen molar-refractivity contribution >= 4 is 6.08 Å². The maximum Gasteiger partial charge on any atom is 0.119 e. The van der Waals surface area contributed by atoms with Gasteiger partial charge in [-0.15, -0.1) is 0 Å². The second kappa shape index (κ2) is 15.7. The van der Waals surface area contributed by atoms with Crippen LogP contribution in [-0.4, -0.2) is 13.2 Å². The summed E-state index contributed by atoms with van der Waals surface area (Å²) in [6, 6.07) is 7.94. The molecule has 0 bridgehead atoms. The van der Waals surface area contributed by atoms with E-state index in [1.54, 1.807) is 0 Å². The fourth-order valence-corrected chi connectivity index (χ4v) is 1.08. The molecule has 0 aliphatic heterocycles. The third-order valence-electron chi connectivity index (χ3n) is 1.60. The molecular weight excluding hydrogens is 222 g/mol. The Kier molecular flexibility index (Phi) is 16.7. The van der Waals surface area contributed by atoms with Gasteiger partial charge in [-0.1, -0.05) is 58.4 Å². The smallest absolute Gasteiger partial charge is 0.119 e. The average molecular weight is 253 g/mol. The number of ether oxygens (including phenoxy) is 1. The van der Waals surface area contributed by atoms with Gasteiger partial charge >= 0.3 is 0 Å². The van der Waals surface area contributed by atoms with Crippen LogP contribution in [0.3, 0.4) is 0 Å². The molecule has 0 amide bonds. The number of hydrogen-bond acceptors (Lipinski definition) is 2. The Balaban J connectivity index is -0.000000376.